The normalized spacial score (nSPS) is 33.4. The quantitative estimate of drug-likeness (QED) is 0.113. The summed E-state index contributed by atoms with van der Waals surface area (Å²) in [6.45, 7) is 9.20. The highest BCUT2D eigenvalue weighted by atomic mass is 16.3. The van der Waals surface area contributed by atoms with Gasteiger partial charge in [-0.1, -0.05) is 71.8 Å². The fourth-order valence-corrected chi connectivity index (χ4v) is 9.23. The van der Waals surface area contributed by atoms with Crippen molar-refractivity contribution < 1.29 is 14.7 Å². The molecule has 7 nitrogen and oxygen atoms in total. The molecule has 0 aromatic rings. The Balaban J connectivity index is 1.38. The summed E-state index contributed by atoms with van der Waals surface area (Å²) in [7, 11) is 0. The van der Waals surface area contributed by atoms with E-state index < -0.39 is 0 Å². The average Bonchev–Trinajstić information content (AvgIpc) is 3.34. The van der Waals surface area contributed by atoms with E-state index in [1.807, 2.05) is 0 Å². The van der Waals surface area contributed by atoms with Crippen LogP contribution in [0, 0.1) is 34.5 Å². The summed E-state index contributed by atoms with van der Waals surface area (Å²) < 4.78 is 0. The molecule has 3 N–H and O–H groups in total. The van der Waals surface area contributed by atoms with Gasteiger partial charge in [0.2, 0.25) is 11.8 Å². The lowest BCUT2D eigenvalue weighted by atomic mass is 9.46. The number of unbranched alkanes of at least 4 members (excludes halogenated alkanes) is 6. The van der Waals surface area contributed by atoms with Gasteiger partial charge in [0, 0.05) is 18.8 Å². The molecule has 0 aromatic heterocycles. The molecule has 236 valence electrons. The summed E-state index contributed by atoms with van der Waals surface area (Å²) >= 11 is 0. The maximum Gasteiger partial charge on any atom is 0.240 e. The molecule has 0 spiro atoms. The Morgan fingerprint density at radius 2 is 1.55 bits per heavy atom. The van der Waals surface area contributed by atoms with Crippen molar-refractivity contribution in [2.45, 2.75) is 143 Å². The fourth-order valence-electron chi connectivity index (χ4n) is 9.23. The van der Waals surface area contributed by atoms with Gasteiger partial charge in [-0.2, -0.15) is 10.2 Å². The van der Waals surface area contributed by atoms with E-state index in [1.165, 1.54) is 37.7 Å². The molecule has 4 aliphatic carbocycles. The van der Waals surface area contributed by atoms with Gasteiger partial charge >= 0.3 is 0 Å². The molecule has 7 heteroatoms. The van der Waals surface area contributed by atoms with Crippen molar-refractivity contribution >= 4 is 23.2 Å². The van der Waals surface area contributed by atoms with Gasteiger partial charge in [-0.3, -0.25) is 9.59 Å². The van der Waals surface area contributed by atoms with Gasteiger partial charge in [0.25, 0.3) is 0 Å². The maximum absolute atomic E-state index is 12.4. The molecule has 4 aliphatic rings. The smallest absolute Gasteiger partial charge is 0.240 e. The first-order valence-corrected chi connectivity index (χ1v) is 17.3. The molecule has 2 amide bonds. The summed E-state index contributed by atoms with van der Waals surface area (Å²) in [5.74, 6) is 2.21. The topological polar surface area (TPSA) is 103 Å². The first-order chi connectivity index (χ1) is 20.3. The van der Waals surface area contributed by atoms with Gasteiger partial charge in [0.1, 0.15) is 0 Å². The SMILES string of the molecule is CCCCCCC(=O)NN=C1C=C2CC[C@H]3[C@@H]4CC[C@H](C(CO)=NNC(=O)CCCCCC)[C@@]4(C)CC[C@@H]3[C@@]2(C)CC1. The first kappa shape index (κ1) is 32.9. The summed E-state index contributed by atoms with van der Waals surface area (Å²) in [6, 6.07) is 0. The van der Waals surface area contributed by atoms with Crippen molar-refractivity contribution in [2.75, 3.05) is 6.61 Å². The zero-order chi connectivity index (χ0) is 30.2. The fraction of sp³-hybridized carbons (Fsp3) is 0.829. The number of carbonyl (C=O) groups is 2. The van der Waals surface area contributed by atoms with Crippen LogP contribution in [0.25, 0.3) is 0 Å². The monoisotopic (exact) mass is 582 g/mol. The Morgan fingerprint density at radius 3 is 2.21 bits per heavy atom. The molecule has 0 aromatic carbocycles. The number of nitrogens with zero attached hydrogens (tertiary/aromatic N) is 2. The Kier molecular flexibility index (Phi) is 11.8. The van der Waals surface area contributed by atoms with E-state index in [0.29, 0.717) is 30.6 Å². The third-order valence-electron chi connectivity index (χ3n) is 11.7. The first-order valence-electron chi connectivity index (χ1n) is 17.3. The number of allylic oxidation sites excluding steroid dienone is 2. The van der Waals surface area contributed by atoms with Gasteiger partial charge in [0.05, 0.1) is 18.0 Å². The van der Waals surface area contributed by atoms with Crippen molar-refractivity contribution in [3.05, 3.63) is 11.6 Å². The Labute approximate surface area is 254 Å². The van der Waals surface area contributed by atoms with Crippen LogP contribution < -0.4 is 10.9 Å². The number of carbonyl (C=O) groups excluding carboxylic acids is 2. The van der Waals surface area contributed by atoms with Crippen molar-refractivity contribution in [3.63, 3.8) is 0 Å². The molecule has 0 aliphatic heterocycles. The molecule has 0 bridgehead atoms. The van der Waals surface area contributed by atoms with Crippen LogP contribution >= 0.6 is 0 Å². The number of fused-ring (bicyclic) bond motifs is 5. The molecule has 3 saturated carbocycles. The van der Waals surface area contributed by atoms with Crippen molar-refractivity contribution in [1.82, 2.24) is 10.9 Å². The highest BCUT2D eigenvalue weighted by molar-refractivity contribution is 5.97. The number of hydrogen-bond acceptors (Lipinski definition) is 5. The largest absolute Gasteiger partial charge is 0.390 e. The van der Waals surface area contributed by atoms with Gasteiger partial charge in [-0.25, -0.2) is 10.9 Å². The van der Waals surface area contributed by atoms with E-state index in [-0.39, 0.29) is 35.2 Å². The van der Waals surface area contributed by atoms with E-state index >= 15 is 0 Å². The van der Waals surface area contributed by atoms with Crippen LogP contribution in [0.5, 0.6) is 0 Å². The summed E-state index contributed by atoms with van der Waals surface area (Å²) in [5, 5.41) is 19.4. The van der Waals surface area contributed by atoms with Crippen LogP contribution in [0.3, 0.4) is 0 Å². The molecular weight excluding hydrogens is 524 g/mol. The van der Waals surface area contributed by atoms with Crippen LogP contribution in [0.2, 0.25) is 0 Å². The number of aliphatic hydroxyl groups excluding tert-OH is 1. The van der Waals surface area contributed by atoms with E-state index in [4.69, 9.17) is 0 Å². The zero-order valence-corrected chi connectivity index (χ0v) is 27.0. The third kappa shape index (κ3) is 7.36. The summed E-state index contributed by atoms with van der Waals surface area (Å²) in [6.07, 6.45) is 21.0. The second-order valence-corrected chi connectivity index (χ2v) is 14.2. The molecule has 0 unspecified atom stereocenters. The van der Waals surface area contributed by atoms with Crippen LogP contribution in [-0.4, -0.2) is 35.0 Å². The van der Waals surface area contributed by atoms with E-state index in [9.17, 15) is 14.7 Å². The minimum Gasteiger partial charge on any atom is -0.390 e. The Hall–Kier alpha value is -2.02. The Morgan fingerprint density at radius 1 is 0.857 bits per heavy atom. The van der Waals surface area contributed by atoms with Gasteiger partial charge in [-0.05, 0) is 98.9 Å². The van der Waals surface area contributed by atoms with Crippen LogP contribution in [0.4, 0.5) is 0 Å². The molecule has 0 saturated heterocycles. The minimum absolute atomic E-state index is 0.0354. The minimum atomic E-state index is -0.0841. The summed E-state index contributed by atoms with van der Waals surface area (Å²) in [4.78, 5) is 24.7. The predicted octanol–water partition coefficient (Wildman–Crippen LogP) is 7.44. The standard InChI is InChI=1S/C35H58N4O3/c1-5-7-9-11-13-32(41)38-36-26-19-21-34(3)25(23-26)15-16-27-28-17-18-30(35(28,4)22-20-29(27)34)31(24-40)37-39-33(42)14-12-10-8-6-2/h23,27-30,40H,5-22,24H2,1-4H3,(H,38,41)(H,39,42)/t27-,28-,29-,30+,34-,35-/m0/s1. The molecule has 0 heterocycles. The number of rotatable bonds is 14. The number of hydrogen-bond donors (Lipinski definition) is 3. The van der Waals surface area contributed by atoms with Gasteiger partial charge in [-0.15, -0.1) is 0 Å². The zero-order valence-electron chi connectivity index (χ0n) is 27.0. The molecule has 3 fully saturated rings. The molecule has 4 rings (SSSR count). The van der Waals surface area contributed by atoms with Gasteiger partial charge in [0.15, 0.2) is 0 Å². The van der Waals surface area contributed by atoms with Crippen molar-refractivity contribution in [2.24, 2.45) is 44.7 Å². The van der Waals surface area contributed by atoms with E-state index in [1.54, 1.807) is 0 Å². The lowest BCUT2D eigenvalue weighted by Gasteiger charge is -2.58. The highest BCUT2D eigenvalue weighted by Gasteiger charge is 2.59. The third-order valence-corrected chi connectivity index (χ3v) is 11.7. The van der Waals surface area contributed by atoms with Crippen LogP contribution in [0.1, 0.15) is 143 Å². The van der Waals surface area contributed by atoms with Crippen LogP contribution in [-0.2, 0) is 9.59 Å². The van der Waals surface area contributed by atoms with Crippen LogP contribution in [0.15, 0.2) is 21.9 Å². The Bertz CT molecular complexity index is 1040. The van der Waals surface area contributed by atoms with E-state index in [0.717, 1.165) is 82.1 Å². The second kappa shape index (κ2) is 15.1. The summed E-state index contributed by atoms with van der Waals surface area (Å²) in [5.41, 5.74) is 9.26. The lowest BCUT2D eigenvalue weighted by Crippen LogP contribution is -2.51. The van der Waals surface area contributed by atoms with Crippen molar-refractivity contribution in [3.8, 4) is 0 Å². The second-order valence-electron chi connectivity index (χ2n) is 14.2. The lowest BCUT2D eigenvalue weighted by molar-refractivity contribution is -0.122. The molecule has 42 heavy (non-hydrogen) atoms. The predicted molar refractivity (Wildman–Crippen MR) is 171 cm³/mol. The highest BCUT2D eigenvalue weighted by Crippen LogP contribution is 2.66. The number of aliphatic hydroxyl groups is 1. The molecular formula is C35H58N4O3. The molecule has 0 radical (unpaired) electrons. The number of hydrazone groups is 2. The maximum atomic E-state index is 12.4. The number of nitrogens with one attached hydrogen (secondary N) is 2. The van der Waals surface area contributed by atoms with Gasteiger partial charge < -0.3 is 5.11 Å². The molecule has 6 atom stereocenters. The van der Waals surface area contributed by atoms with E-state index in [2.05, 4.69) is 54.8 Å². The number of amides is 2. The average molecular weight is 583 g/mol. The van der Waals surface area contributed by atoms with Crippen molar-refractivity contribution in [1.29, 1.82) is 0 Å².